The maximum absolute atomic E-state index is 4.63. The lowest BCUT2D eigenvalue weighted by Crippen LogP contribution is -2.17. The molecule has 0 atom stereocenters. The van der Waals surface area contributed by atoms with Crippen LogP contribution in [-0.2, 0) is 25.9 Å². The molecule has 4 rings (SSSR count). The molecule has 2 aromatic heterocycles. The molecule has 0 saturated heterocycles. The van der Waals surface area contributed by atoms with Gasteiger partial charge in [0.15, 0.2) is 0 Å². The third kappa shape index (κ3) is 3.01. The zero-order chi connectivity index (χ0) is 16.5. The van der Waals surface area contributed by atoms with Crippen molar-refractivity contribution in [3.63, 3.8) is 0 Å². The van der Waals surface area contributed by atoms with Gasteiger partial charge in [-0.2, -0.15) is 5.10 Å². The van der Waals surface area contributed by atoms with Gasteiger partial charge in [-0.15, -0.1) is 11.3 Å². The van der Waals surface area contributed by atoms with Gasteiger partial charge in [0.05, 0.1) is 5.69 Å². The van der Waals surface area contributed by atoms with E-state index in [-0.39, 0.29) is 0 Å². The van der Waals surface area contributed by atoms with Gasteiger partial charge in [-0.05, 0) is 44.4 Å². The highest BCUT2D eigenvalue weighted by molar-refractivity contribution is 7.15. The van der Waals surface area contributed by atoms with Crippen molar-refractivity contribution in [3.05, 3.63) is 57.9 Å². The van der Waals surface area contributed by atoms with Crippen LogP contribution < -0.4 is 0 Å². The van der Waals surface area contributed by atoms with E-state index >= 15 is 0 Å². The number of aryl methyl sites for hydroxylation is 2. The molecule has 0 unspecified atom stereocenters. The van der Waals surface area contributed by atoms with E-state index in [0.29, 0.717) is 0 Å². The Labute approximate surface area is 146 Å². The van der Waals surface area contributed by atoms with E-state index in [1.807, 2.05) is 6.20 Å². The molecule has 1 aliphatic carbocycles. The number of thiazole rings is 1. The fourth-order valence-electron chi connectivity index (χ4n) is 3.41. The number of benzene rings is 1. The van der Waals surface area contributed by atoms with Crippen molar-refractivity contribution in [2.75, 3.05) is 7.05 Å². The van der Waals surface area contributed by atoms with Gasteiger partial charge in [0, 0.05) is 35.4 Å². The molecule has 0 radical (unpaired) electrons. The molecule has 4 nitrogen and oxygen atoms in total. The second-order valence-electron chi connectivity index (χ2n) is 6.60. The minimum Gasteiger partial charge on any atom is -0.295 e. The Morgan fingerprint density at radius 2 is 2.08 bits per heavy atom. The van der Waals surface area contributed by atoms with Gasteiger partial charge in [-0.3, -0.25) is 10.00 Å². The molecule has 0 aliphatic heterocycles. The predicted octanol–water partition coefficient (Wildman–Crippen LogP) is 3.96. The Balaban J connectivity index is 1.45. The number of fused-ring (bicyclic) bond motifs is 1. The molecule has 0 spiro atoms. The van der Waals surface area contributed by atoms with E-state index < -0.39 is 0 Å². The summed E-state index contributed by atoms with van der Waals surface area (Å²) < 4.78 is 0. The number of rotatable bonds is 5. The molecule has 0 amide bonds. The summed E-state index contributed by atoms with van der Waals surface area (Å²) >= 11 is 1.79. The van der Waals surface area contributed by atoms with Crippen LogP contribution in [0.25, 0.3) is 10.6 Å². The Hall–Kier alpha value is -1.98. The molecule has 24 heavy (non-hydrogen) atoms. The van der Waals surface area contributed by atoms with Crippen LogP contribution in [0.3, 0.4) is 0 Å². The molecular weight excluding hydrogens is 316 g/mol. The van der Waals surface area contributed by atoms with Gasteiger partial charge < -0.3 is 0 Å². The number of hydrogen-bond acceptors (Lipinski definition) is 4. The normalized spacial score (nSPS) is 13.6. The molecular formula is C19H22N4S. The van der Waals surface area contributed by atoms with Crippen LogP contribution in [0, 0.1) is 6.92 Å². The summed E-state index contributed by atoms with van der Waals surface area (Å²) in [6.45, 7) is 3.94. The van der Waals surface area contributed by atoms with Crippen molar-refractivity contribution < 1.29 is 0 Å². The Kier molecular flexibility index (Phi) is 4.21. The first-order valence-electron chi connectivity index (χ1n) is 8.45. The van der Waals surface area contributed by atoms with E-state index in [2.05, 4.69) is 58.3 Å². The van der Waals surface area contributed by atoms with E-state index in [9.17, 15) is 0 Å². The van der Waals surface area contributed by atoms with Gasteiger partial charge in [-0.1, -0.05) is 24.3 Å². The number of nitrogens with one attached hydrogen (secondary N) is 1. The minimum atomic E-state index is 0.892. The lowest BCUT2D eigenvalue weighted by atomic mass is 10.1. The Morgan fingerprint density at radius 1 is 1.21 bits per heavy atom. The summed E-state index contributed by atoms with van der Waals surface area (Å²) in [6, 6.07) is 8.44. The molecule has 3 aromatic rings. The van der Waals surface area contributed by atoms with E-state index in [1.54, 1.807) is 11.3 Å². The summed E-state index contributed by atoms with van der Waals surface area (Å²) in [5.41, 5.74) is 6.53. The van der Waals surface area contributed by atoms with Crippen molar-refractivity contribution in [1.82, 2.24) is 20.1 Å². The number of hydrogen-bond donors (Lipinski definition) is 1. The van der Waals surface area contributed by atoms with Crippen molar-refractivity contribution in [3.8, 4) is 10.6 Å². The highest BCUT2D eigenvalue weighted by atomic mass is 32.1. The first kappa shape index (κ1) is 15.5. The molecule has 5 heteroatoms. The average Bonchev–Trinajstić information content (AvgIpc) is 3.26. The van der Waals surface area contributed by atoms with Crippen LogP contribution >= 0.6 is 11.3 Å². The van der Waals surface area contributed by atoms with Gasteiger partial charge in [-0.25, -0.2) is 4.98 Å². The van der Waals surface area contributed by atoms with Crippen molar-refractivity contribution in [2.24, 2.45) is 0 Å². The molecule has 124 valence electrons. The first-order chi connectivity index (χ1) is 11.7. The lowest BCUT2D eigenvalue weighted by molar-refractivity contribution is 0.316. The van der Waals surface area contributed by atoms with E-state index in [4.69, 9.17) is 0 Å². The first-order valence-corrected chi connectivity index (χ1v) is 9.26. The Bertz CT molecular complexity index is 849. The minimum absolute atomic E-state index is 0.892. The third-order valence-electron chi connectivity index (χ3n) is 4.67. The van der Waals surface area contributed by atoms with Gasteiger partial charge in [0.2, 0.25) is 0 Å². The van der Waals surface area contributed by atoms with Crippen molar-refractivity contribution >= 4 is 11.3 Å². The van der Waals surface area contributed by atoms with Crippen LogP contribution in [0.2, 0.25) is 0 Å². The standard InChI is InChI=1S/C19H22N4S/c1-13-6-3-4-7-15(13)19-20-10-14(24-19)11-23(2)12-18-16-8-5-9-17(16)21-22-18/h3-4,6-7,10H,5,8-9,11-12H2,1-2H3,(H,21,22). The Morgan fingerprint density at radius 3 is 2.96 bits per heavy atom. The van der Waals surface area contributed by atoms with Gasteiger partial charge in [0.25, 0.3) is 0 Å². The third-order valence-corrected chi connectivity index (χ3v) is 5.68. The second kappa shape index (κ2) is 6.49. The zero-order valence-corrected chi connectivity index (χ0v) is 15.0. The molecule has 0 saturated carbocycles. The van der Waals surface area contributed by atoms with Gasteiger partial charge >= 0.3 is 0 Å². The summed E-state index contributed by atoms with van der Waals surface area (Å²) in [4.78, 5) is 8.24. The summed E-state index contributed by atoms with van der Waals surface area (Å²) in [7, 11) is 2.16. The maximum Gasteiger partial charge on any atom is 0.123 e. The highest BCUT2D eigenvalue weighted by Gasteiger charge is 2.19. The molecule has 0 fully saturated rings. The number of aromatic amines is 1. The van der Waals surface area contributed by atoms with Crippen LogP contribution in [0.1, 0.15) is 33.8 Å². The molecule has 1 aliphatic rings. The quantitative estimate of drug-likeness (QED) is 0.766. The fourth-order valence-corrected chi connectivity index (χ4v) is 4.50. The molecule has 1 N–H and O–H groups in total. The second-order valence-corrected chi connectivity index (χ2v) is 7.72. The largest absolute Gasteiger partial charge is 0.295 e. The maximum atomic E-state index is 4.63. The highest BCUT2D eigenvalue weighted by Crippen LogP contribution is 2.29. The average molecular weight is 338 g/mol. The molecule has 2 heterocycles. The topological polar surface area (TPSA) is 44.8 Å². The molecule has 0 bridgehead atoms. The summed E-state index contributed by atoms with van der Waals surface area (Å²) in [5.74, 6) is 0. The lowest BCUT2D eigenvalue weighted by Gasteiger charge is -2.14. The van der Waals surface area contributed by atoms with Crippen LogP contribution in [0.5, 0.6) is 0 Å². The van der Waals surface area contributed by atoms with Crippen LogP contribution in [0.15, 0.2) is 30.5 Å². The number of nitrogens with zero attached hydrogens (tertiary/aromatic N) is 3. The number of aromatic nitrogens is 3. The smallest absolute Gasteiger partial charge is 0.123 e. The monoisotopic (exact) mass is 338 g/mol. The number of H-pyrrole nitrogens is 1. The summed E-state index contributed by atoms with van der Waals surface area (Å²) in [5, 5.41) is 8.81. The van der Waals surface area contributed by atoms with E-state index in [0.717, 1.165) is 24.5 Å². The van der Waals surface area contributed by atoms with E-state index in [1.165, 1.54) is 45.8 Å². The molecule has 1 aromatic carbocycles. The van der Waals surface area contributed by atoms with Crippen LogP contribution in [-0.4, -0.2) is 27.1 Å². The van der Waals surface area contributed by atoms with Crippen molar-refractivity contribution in [2.45, 2.75) is 39.3 Å². The van der Waals surface area contributed by atoms with Crippen LogP contribution in [0.4, 0.5) is 0 Å². The van der Waals surface area contributed by atoms with Gasteiger partial charge in [0.1, 0.15) is 5.01 Å². The predicted molar refractivity (Wildman–Crippen MR) is 98.1 cm³/mol. The van der Waals surface area contributed by atoms with Crippen molar-refractivity contribution in [1.29, 1.82) is 0 Å². The fraction of sp³-hybridized carbons (Fsp3) is 0.368. The zero-order valence-electron chi connectivity index (χ0n) is 14.2. The summed E-state index contributed by atoms with van der Waals surface area (Å²) in [6.07, 6.45) is 5.60. The SMILES string of the molecule is Cc1ccccc1-c1ncc(CN(C)Cc2n[nH]c3c2CCC3)s1.